The second-order valence-electron chi connectivity index (χ2n) is 5.69. The summed E-state index contributed by atoms with van der Waals surface area (Å²) >= 11 is 1.70. The first-order chi connectivity index (χ1) is 12.2. The number of carbonyl (C=O) groups is 1. The Balaban J connectivity index is 1.72. The van der Waals surface area contributed by atoms with E-state index >= 15 is 0 Å². The Morgan fingerprint density at radius 1 is 1.12 bits per heavy atom. The van der Waals surface area contributed by atoms with Crippen LogP contribution >= 0.6 is 11.8 Å². The van der Waals surface area contributed by atoms with E-state index in [1.807, 2.05) is 56.3 Å². The van der Waals surface area contributed by atoms with Crippen LogP contribution in [0.25, 0.3) is 0 Å². The quantitative estimate of drug-likeness (QED) is 0.720. The van der Waals surface area contributed by atoms with Crippen LogP contribution in [0.2, 0.25) is 0 Å². The van der Waals surface area contributed by atoms with Crippen LogP contribution in [-0.4, -0.2) is 15.7 Å². The molecule has 128 valence electrons. The fourth-order valence-electron chi connectivity index (χ4n) is 2.60. The van der Waals surface area contributed by atoms with E-state index in [9.17, 15) is 4.79 Å². The van der Waals surface area contributed by atoms with Crippen molar-refractivity contribution in [2.24, 2.45) is 0 Å². The number of nitrogens with one attached hydrogen (secondary N) is 1. The van der Waals surface area contributed by atoms with Crippen LogP contribution in [0.3, 0.4) is 0 Å². The van der Waals surface area contributed by atoms with Gasteiger partial charge in [-0.2, -0.15) is 5.10 Å². The van der Waals surface area contributed by atoms with E-state index in [1.165, 1.54) is 4.90 Å². The second kappa shape index (κ2) is 8.03. The van der Waals surface area contributed by atoms with E-state index in [1.54, 1.807) is 16.4 Å². The van der Waals surface area contributed by atoms with Crippen LogP contribution in [0.4, 0.5) is 0 Å². The topological polar surface area (TPSA) is 46.9 Å². The molecule has 0 saturated carbocycles. The van der Waals surface area contributed by atoms with E-state index in [-0.39, 0.29) is 5.91 Å². The van der Waals surface area contributed by atoms with Crippen molar-refractivity contribution in [1.29, 1.82) is 0 Å². The molecule has 0 fully saturated rings. The van der Waals surface area contributed by atoms with Crippen LogP contribution in [0.5, 0.6) is 0 Å². The summed E-state index contributed by atoms with van der Waals surface area (Å²) in [6.07, 6.45) is 0. The highest BCUT2D eigenvalue weighted by molar-refractivity contribution is 7.99. The lowest BCUT2D eigenvalue weighted by atomic mass is 10.2. The Hall–Kier alpha value is -2.53. The van der Waals surface area contributed by atoms with Crippen molar-refractivity contribution in [3.8, 4) is 0 Å². The number of rotatable bonds is 6. The minimum atomic E-state index is -0.0954. The van der Waals surface area contributed by atoms with Crippen LogP contribution in [-0.2, 0) is 13.1 Å². The van der Waals surface area contributed by atoms with Gasteiger partial charge in [-0.3, -0.25) is 9.48 Å². The third-order valence-corrected chi connectivity index (χ3v) is 4.94. The van der Waals surface area contributed by atoms with E-state index in [0.29, 0.717) is 18.8 Å². The smallest absolute Gasteiger partial charge is 0.269 e. The molecule has 3 rings (SSSR count). The molecule has 0 bridgehead atoms. The number of carbonyl (C=O) groups excluding carboxylic acids is 1. The van der Waals surface area contributed by atoms with Crippen molar-refractivity contribution in [1.82, 2.24) is 15.1 Å². The predicted octanol–water partition coefficient (Wildman–Crippen LogP) is 4.29. The number of benzene rings is 2. The summed E-state index contributed by atoms with van der Waals surface area (Å²) in [5, 5.41) is 7.35. The number of aromatic nitrogens is 2. The van der Waals surface area contributed by atoms with E-state index in [2.05, 4.69) is 28.6 Å². The van der Waals surface area contributed by atoms with Crippen molar-refractivity contribution in [3.05, 3.63) is 77.6 Å². The molecule has 1 heterocycles. The van der Waals surface area contributed by atoms with E-state index < -0.39 is 0 Å². The van der Waals surface area contributed by atoms with Gasteiger partial charge in [-0.15, -0.1) is 0 Å². The molecule has 3 aromatic rings. The van der Waals surface area contributed by atoms with Crippen molar-refractivity contribution in [2.45, 2.75) is 36.7 Å². The lowest BCUT2D eigenvalue weighted by Crippen LogP contribution is -2.25. The molecule has 1 N–H and O–H groups in total. The van der Waals surface area contributed by atoms with Gasteiger partial charge in [0.2, 0.25) is 0 Å². The van der Waals surface area contributed by atoms with Crippen LogP contribution < -0.4 is 5.32 Å². The lowest BCUT2D eigenvalue weighted by molar-refractivity contribution is 0.0940. The average molecular weight is 351 g/mol. The zero-order chi connectivity index (χ0) is 17.6. The fraction of sp³-hybridized carbons (Fsp3) is 0.200. The number of amides is 1. The lowest BCUT2D eigenvalue weighted by Gasteiger charge is -2.11. The van der Waals surface area contributed by atoms with Gasteiger partial charge in [0.25, 0.3) is 5.91 Å². The third kappa shape index (κ3) is 4.31. The van der Waals surface area contributed by atoms with E-state index in [4.69, 9.17) is 0 Å². The van der Waals surface area contributed by atoms with Crippen molar-refractivity contribution in [3.63, 3.8) is 0 Å². The maximum Gasteiger partial charge on any atom is 0.269 e. The summed E-state index contributed by atoms with van der Waals surface area (Å²) in [6.45, 7) is 5.05. The first-order valence-corrected chi connectivity index (χ1v) is 9.12. The molecule has 5 heteroatoms. The summed E-state index contributed by atoms with van der Waals surface area (Å²) in [5.74, 6) is -0.0954. The number of hydrogen-bond donors (Lipinski definition) is 1. The van der Waals surface area contributed by atoms with Crippen LogP contribution in [0.15, 0.2) is 70.5 Å². The van der Waals surface area contributed by atoms with Gasteiger partial charge in [-0.1, -0.05) is 48.2 Å². The number of hydrogen-bond acceptors (Lipinski definition) is 3. The maximum atomic E-state index is 12.5. The Kier molecular flexibility index (Phi) is 5.56. The Bertz CT molecular complexity index is 858. The summed E-state index contributed by atoms with van der Waals surface area (Å²) in [5.41, 5.74) is 2.56. The Morgan fingerprint density at radius 3 is 2.60 bits per heavy atom. The molecule has 0 aliphatic rings. The normalized spacial score (nSPS) is 10.6. The molecule has 2 aromatic carbocycles. The molecule has 0 aliphatic heterocycles. The molecule has 0 spiro atoms. The van der Waals surface area contributed by atoms with Gasteiger partial charge in [0.05, 0.1) is 5.69 Å². The van der Waals surface area contributed by atoms with Gasteiger partial charge in [-0.05, 0) is 43.7 Å². The van der Waals surface area contributed by atoms with Crippen molar-refractivity contribution in [2.75, 3.05) is 0 Å². The van der Waals surface area contributed by atoms with Crippen molar-refractivity contribution < 1.29 is 4.79 Å². The number of aryl methyl sites for hydroxylation is 2. The van der Waals surface area contributed by atoms with Gasteiger partial charge in [-0.25, -0.2) is 0 Å². The Morgan fingerprint density at radius 2 is 1.84 bits per heavy atom. The molecule has 0 saturated heterocycles. The summed E-state index contributed by atoms with van der Waals surface area (Å²) in [4.78, 5) is 14.8. The van der Waals surface area contributed by atoms with Crippen LogP contribution in [0.1, 0.15) is 28.7 Å². The van der Waals surface area contributed by atoms with Gasteiger partial charge >= 0.3 is 0 Å². The minimum absolute atomic E-state index is 0.0954. The summed E-state index contributed by atoms with van der Waals surface area (Å²) in [7, 11) is 0. The number of nitrogens with zero attached hydrogens (tertiary/aromatic N) is 2. The third-order valence-electron chi connectivity index (χ3n) is 3.82. The van der Waals surface area contributed by atoms with Gasteiger partial charge in [0.15, 0.2) is 0 Å². The highest BCUT2D eigenvalue weighted by Gasteiger charge is 2.13. The minimum Gasteiger partial charge on any atom is -0.347 e. The molecule has 4 nitrogen and oxygen atoms in total. The van der Waals surface area contributed by atoms with E-state index in [0.717, 1.165) is 16.2 Å². The molecule has 0 unspecified atom stereocenters. The summed E-state index contributed by atoms with van der Waals surface area (Å²) < 4.78 is 1.73. The molecule has 1 aromatic heterocycles. The average Bonchev–Trinajstić information content (AvgIpc) is 3.02. The molecule has 1 amide bonds. The molecular weight excluding hydrogens is 330 g/mol. The SMILES string of the molecule is CCn1nc(C)cc1C(=O)NCc1ccccc1Sc1ccccc1. The maximum absolute atomic E-state index is 12.5. The van der Waals surface area contributed by atoms with Gasteiger partial charge in [0, 0.05) is 22.9 Å². The zero-order valence-electron chi connectivity index (χ0n) is 14.4. The predicted molar refractivity (Wildman–Crippen MR) is 101 cm³/mol. The highest BCUT2D eigenvalue weighted by Crippen LogP contribution is 2.30. The molecule has 0 radical (unpaired) electrons. The standard InChI is InChI=1S/C20H21N3OS/c1-3-23-18(13-15(2)22-23)20(24)21-14-16-9-7-8-12-19(16)25-17-10-5-4-6-11-17/h4-13H,3,14H2,1-2H3,(H,21,24). The molecule has 25 heavy (non-hydrogen) atoms. The largest absolute Gasteiger partial charge is 0.347 e. The Labute approximate surface area is 152 Å². The first-order valence-electron chi connectivity index (χ1n) is 8.31. The molecule has 0 aliphatic carbocycles. The van der Waals surface area contributed by atoms with Gasteiger partial charge in [0.1, 0.15) is 5.69 Å². The zero-order valence-corrected chi connectivity index (χ0v) is 15.2. The van der Waals surface area contributed by atoms with Gasteiger partial charge < -0.3 is 5.32 Å². The van der Waals surface area contributed by atoms with Crippen molar-refractivity contribution >= 4 is 17.7 Å². The highest BCUT2D eigenvalue weighted by atomic mass is 32.2. The second-order valence-corrected chi connectivity index (χ2v) is 6.81. The first kappa shape index (κ1) is 17.3. The fourth-order valence-corrected chi connectivity index (χ4v) is 3.57. The molecule has 0 atom stereocenters. The monoisotopic (exact) mass is 351 g/mol. The van der Waals surface area contributed by atoms with Crippen LogP contribution in [0, 0.1) is 6.92 Å². The summed E-state index contributed by atoms with van der Waals surface area (Å²) in [6, 6.07) is 20.2. The molecular formula is C20H21N3OS.